The Bertz CT molecular complexity index is 677. The van der Waals surface area contributed by atoms with Crippen LogP contribution in [0.2, 0.25) is 0 Å². The first-order valence-corrected chi connectivity index (χ1v) is 8.92. The Hall–Kier alpha value is -1.79. The molecule has 3 heterocycles. The summed E-state index contributed by atoms with van der Waals surface area (Å²) in [5, 5.41) is 3.34. The zero-order chi connectivity index (χ0) is 16.2. The van der Waals surface area contributed by atoms with Gasteiger partial charge in [-0.25, -0.2) is 9.97 Å². The van der Waals surface area contributed by atoms with Crippen LogP contribution >= 0.6 is 11.3 Å². The van der Waals surface area contributed by atoms with Crippen molar-refractivity contribution in [2.75, 3.05) is 26.2 Å². The zero-order valence-electron chi connectivity index (χ0n) is 13.7. The first-order valence-electron chi connectivity index (χ1n) is 8.04. The molecule has 0 unspecified atom stereocenters. The number of carbonyl (C=O) groups is 1. The molecule has 1 aliphatic heterocycles. The molecule has 6 heteroatoms. The largest absolute Gasteiger partial charge is 0.335 e. The molecule has 0 bridgehead atoms. The smallest absolute Gasteiger partial charge is 0.272 e. The third kappa shape index (κ3) is 3.95. The Morgan fingerprint density at radius 1 is 1.22 bits per heavy atom. The molecule has 0 aromatic carbocycles. The molecule has 23 heavy (non-hydrogen) atoms. The Kier molecular flexibility index (Phi) is 5.03. The van der Waals surface area contributed by atoms with Crippen molar-refractivity contribution in [2.45, 2.75) is 26.8 Å². The minimum absolute atomic E-state index is 0.0373. The molecule has 1 saturated heterocycles. The maximum Gasteiger partial charge on any atom is 0.272 e. The van der Waals surface area contributed by atoms with E-state index in [-0.39, 0.29) is 5.91 Å². The van der Waals surface area contributed by atoms with Crippen LogP contribution in [0.1, 0.15) is 33.8 Å². The fourth-order valence-electron chi connectivity index (χ4n) is 2.75. The van der Waals surface area contributed by atoms with Gasteiger partial charge in [-0.2, -0.15) is 0 Å². The van der Waals surface area contributed by atoms with Crippen molar-refractivity contribution in [1.82, 2.24) is 19.8 Å². The van der Waals surface area contributed by atoms with Crippen molar-refractivity contribution in [2.24, 2.45) is 0 Å². The van der Waals surface area contributed by atoms with Crippen molar-refractivity contribution in [3.05, 3.63) is 45.7 Å². The molecule has 3 rings (SSSR count). The lowest BCUT2D eigenvalue weighted by atomic mass is 10.2. The van der Waals surface area contributed by atoms with Gasteiger partial charge in [-0.05, 0) is 25.5 Å². The number of amides is 1. The summed E-state index contributed by atoms with van der Waals surface area (Å²) in [6.45, 7) is 8.19. The molecule has 0 spiro atoms. The van der Waals surface area contributed by atoms with Crippen LogP contribution in [-0.2, 0) is 13.0 Å². The summed E-state index contributed by atoms with van der Waals surface area (Å²) >= 11 is 1.73. The van der Waals surface area contributed by atoms with E-state index in [4.69, 9.17) is 0 Å². The molecule has 0 atom stereocenters. The van der Waals surface area contributed by atoms with Crippen LogP contribution < -0.4 is 0 Å². The number of carbonyl (C=O) groups excluding carboxylic acids is 1. The lowest BCUT2D eigenvalue weighted by Crippen LogP contribution is -2.48. The quantitative estimate of drug-likeness (QED) is 0.863. The summed E-state index contributed by atoms with van der Waals surface area (Å²) in [5.74, 6) is 0.0373. The van der Waals surface area contributed by atoms with Gasteiger partial charge in [0, 0.05) is 43.8 Å². The fraction of sp³-hybridized carbons (Fsp3) is 0.471. The highest BCUT2D eigenvalue weighted by Crippen LogP contribution is 2.14. The van der Waals surface area contributed by atoms with Crippen LogP contribution in [-0.4, -0.2) is 51.9 Å². The van der Waals surface area contributed by atoms with Gasteiger partial charge in [0.25, 0.3) is 5.91 Å². The minimum atomic E-state index is 0.0373. The fourth-order valence-corrected chi connectivity index (χ4v) is 3.48. The van der Waals surface area contributed by atoms with Crippen LogP contribution in [0.15, 0.2) is 23.6 Å². The maximum absolute atomic E-state index is 12.5. The third-order valence-corrected chi connectivity index (χ3v) is 5.10. The summed E-state index contributed by atoms with van der Waals surface area (Å²) in [5.41, 5.74) is 2.57. The lowest BCUT2D eigenvalue weighted by molar-refractivity contribution is 0.0621. The number of rotatable bonds is 4. The predicted molar refractivity (Wildman–Crippen MR) is 91.6 cm³/mol. The standard InChI is InChI=1S/C17H22N4OS/c1-3-16-19-14(12-23-16)11-20-7-9-21(10-8-20)17(22)15-6-4-5-13(2)18-15/h4-6,12H,3,7-11H2,1-2H3. The molecule has 122 valence electrons. The Morgan fingerprint density at radius 3 is 2.65 bits per heavy atom. The lowest BCUT2D eigenvalue weighted by Gasteiger charge is -2.34. The molecule has 0 N–H and O–H groups in total. The molecule has 0 radical (unpaired) electrons. The number of hydrogen-bond donors (Lipinski definition) is 0. The van der Waals surface area contributed by atoms with E-state index in [1.54, 1.807) is 17.4 Å². The van der Waals surface area contributed by atoms with Crippen molar-refractivity contribution in [3.63, 3.8) is 0 Å². The molecule has 1 fully saturated rings. The van der Waals surface area contributed by atoms with E-state index in [9.17, 15) is 4.79 Å². The number of nitrogens with zero attached hydrogens (tertiary/aromatic N) is 4. The molecule has 5 nitrogen and oxygen atoms in total. The van der Waals surface area contributed by atoms with Crippen LogP contribution in [0.25, 0.3) is 0 Å². The Labute approximate surface area is 141 Å². The first-order chi connectivity index (χ1) is 11.2. The molecule has 2 aromatic heterocycles. The van der Waals surface area contributed by atoms with E-state index in [0.29, 0.717) is 5.69 Å². The molecule has 0 aliphatic carbocycles. The van der Waals surface area contributed by atoms with E-state index < -0.39 is 0 Å². The number of piperazine rings is 1. The summed E-state index contributed by atoms with van der Waals surface area (Å²) in [6, 6.07) is 5.59. The third-order valence-electron chi connectivity index (χ3n) is 4.05. The average molecular weight is 330 g/mol. The van der Waals surface area contributed by atoms with Crippen molar-refractivity contribution in [3.8, 4) is 0 Å². The molecule has 1 amide bonds. The van der Waals surface area contributed by atoms with Gasteiger partial charge in [0.1, 0.15) is 5.69 Å². The van der Waals surface area contributed by atoms with Gasteiger partial charge in [0.2, 0.25) is 0 Å². The average Bonchev–Trinajstić information content (AvgIpc) is 3.02. The van der Waals surface area contributed by atoms with E-state index >= 15 is 0 Å². The van der Waals surface area contributed by atoms with Gasteiger partial charge >= 0.3 is 0 Å². The van der Waals surface area contributed by atoms with E-state index in [2.05, 4.69) is 27.2 Å². The molecular formula is C17H22N4OS. The van der Waals surface area contributed by atoms with Gasteiger partial charge in [0.15, 0.2) is 0 Å². The SMILES string of the molecule is CCc1nc(CN2CCN(C(=O)c3cccc(C)n3)CC2)cs1. The number of aryl methyl sites for hydroxylation is 2. The molecule has 2 aromatic rings. The van der Waals surface area contributed by atoms with Gasteiger partial charge in [-0.1, -0.05) is 13.0 Å². The first kappa shape index (κ1) is 16.1. The molecule has 0 saturated carbocycles. The number of aromatic nitrogens is 2. The summed E-state index contributed by atoms with van der Waals surface area (Å²) < 4.78 is 0. The highest BCUT2D eigenvalue weighted by atomic mass is 32.1. The van der Waals surface area contributed by atoms with Crippen LogP contribution in [0.3, 0.4) is 0 Å². The summed E-state index contributed by atoms with van der Waals surface area (Å²) in [4.78, 5) is 25.7. The summed E-state index contributed by atoms with van der Waals surface area (Å²) in [6.07, 6.45) is 0.996. The predicted octanol–water partition coefficient (Wildman–Crippen LogP) is 2.37. The highest BCUT2D eigenvalue weighted by molar-refractivity contribution is 7.09. The highest BCUT2D eigenvalue weighted by Gasteiger charge is 2.23. The van der Waals surface area contributed by atoms with E-state index in [0.717, 1.165) is 50.5 Å². The van der Waals surface area contributed by atoms with Gasteiger partial charge < -0.3 is 4.90 Å². The van der Waals surface area contributed by atoms with E-state index in [1.807, 2.05) is 24.0 Å². The van der Waals surface area contributed by atoms with Crippen molar-refractivity contribution < 1.29 is 4.79 Å². The maximum atomic E-state index is 12.5. The van der Waals surface area contributed by atoms with E-state index in [1.165, 1.54) is 5.01 Å². The Morgan fingerprint density at radius 2 is 2.00 bits per heavy atom. The van der Waals surface area contributed by atoms with Gasteiger partial charge in [-0.15, -0.1) is 11.3 Å². The molecular weight excluding hydrogens is 308 g/mol. The Balaban J connectivity index is 1.54. The van der Waals surface area contributed by atoms with Gasteiger partial charge in [0.05, 0.1) is 10.7 Å². The molecule has 1 aliphatic rings. The number of hydrogen-bond acceptors (Lipinski definition) is 5. The van der Waals surface area contributed by atoms with Crippen LogP contribution in [0.5, 0.6) is 0 Å². The second-order valence-electron chi connectivity index (χ2n) is 5.82. The zero-order valence-corrected chi connectivity index (χ0v) is 14.5. The second-order valence-corrected chi connectivity index (χ2v) is 6.76. The van der Waals surface area contributed by atoms with Gasteiger partial charge in [-0.3, -0.25) is 9.69 Å². The second kappa shape index (κ2) is 7.19. The summed E-state index contributed by atoms with van der Waals surface area (Å²) in [7, 11) is 0. The number of thiazole rings is 1. The normalized spacial score (nSPS) is 15.8. The topological polar surface area (TPSA) is 49.3 Å². The van der Waals surface area contributed by atoms with Crippen molar-refractivity contribution in [1.29, 1.82) is 0 Å². The minimum Gasteiger partial charge on any atom is -0.335 e. The van der Waals surface area contributed by atoms with Crippen LogP contribution in [0.4, 0.5) is 0 Å². The van der Waals surface area contributed by atoms with Crippen molar-refractivity contribution >= 4 is 17.2 Å². The monoisotopic (exact) mass is 330 g/mol. The van der Waals surface area contributed by atoms with Crippen LogP contribution in [0, 0.1) is 6.92 Å². The number of pyridine rings is 1.